The maximum Gasteiger partial charge on any atom is 0.416 e. The minimum atomic E-state index is -4.46. The number of anilines is 2. The number of aryl methyl sites for hydroxylation is 1. The fourth-order valence-electron chi connectivity index (χ4n) is 1.77. The second kappa shape index (κ2) is 7.40. The van der Waals surface area contributed by atoms with E-state index in [2.05, 4.69) is 27.8 Å². The molecular weight excluding hydrogens is 329 g/mol. The summed E-state index contributed by atoms with van der Waals surface area (Å²) < 4.78 is 37.8. The molecule has 0 unspecified atom stereocenters. The van der Waals surface area contributed by atoms with Gasteiger partial charge >= 0.3 is 12.2 Å². The van der Waals surface area contributed by atoms with Crippen molar-refractivity contribution in [2.75, 3.05) is 10.6 Å². The van der Waals surface area contributed by atoms with Crippen LogP contribution in [0.25, 0.3) is 0 Å². The molecule has 5 nitrogen and oxygen atoms in total. The fourth-order valence-corrected chi connectivity index (χ4v) is 2.54. The van der Waals surface area contributed by atoms with Crippen LogP contribution in [-0.2, 0) is 12.6 Å². The monoisotopic (exact) mass is 344 g/mol. The summed E-state index contributed by atoms with van der Waals surface area (Å²) in [5.41, 5.74) is -0.777. The zero-order valence-corrected chi connectivity index (χ0v) is 13.1. The number of carbonyl (C=O) groups is 1. The predicted molar refractivity (Wildman–Crippen MR) is 82.6 cm³/mol. The molecule has 9 heteroatoms. The first-order valence-corrected chi connectivity index (χ1v) is 7.78. The van der Waals surface area contributed by atoms with Crippen LogP contribution in [0.15, 0.2) is 24.3 Å². The van der Waals surface area contributed by atoms with Crippen LogP contribution in [0.1, 0.15) is 30.3 Å². The summed E-state index contributed by atoms with van der Waals surface area (Å²) in [4.78, 5) is 11.8. The maximum atomic E-state index is 12.6. The third kappa shape index (κ3) is 5.20. The van der Waals surface area contributed by atoms with Crippen LogP contribution in [0.3, 0.4) is 0 Å². The van der Waals surface area contributed by atoms with Crippen molar-refractivity contribution in [3.63, 3.8) is 0 Å². The van der Waals surface area contributed by atoms with E-state index in [4.69, 9.17) is 0 Å². The average molecular weight is 344 g/mol. The third-order valence-electron chi connectivity index (χ3n) is 2.88. The topological polar surface area (TPSA) is 66.9 Å². The number of nitrogens with zero attached hydrogens (tertiary/aromatic N) is 2. The lowest BCUT2D eigenvalue weighted by Crippen LogP contribution is -2.19. The van der Waals surface area contributed by atoms with Gasteiger partial charge in [-0.3, -0.25) is 5.32 Å². The van der Waals surface area contributed by atoms with Gasteiger partial charge in [0, 0.05) is 12.1 Å². The lowest BCUT2D eigenvalue weighted by molar-refractivity contribution is -0.137. The van der Waals surface area contributed by atoms with E-state index in [9.17, 15) is 18.0 Å². The van der Waals surface area contributed by atoms with E-state index in [0.717, 1.165) is 36.4 Å². The van der Waals surface area contributed by atoms with Crippen LogP contribution >= 0.6 is 11.3 Å². The van der Waals surface area contributed by atoms with Crippen LogP contribution in [0.2, 0.25) is 0 Å². The molecule has 0 aliphatic rings. The van der Waals surface area contributed by atoms with Crippen molar-refractivity contribution in [3.8, 4) is 0 Å². The molecule has 0 saturated heterocycles. The van der Waals surface area contributed by atoms with Crippen molar-refractivity contribution in [2.45, 2.75) is 32.4 Å². The molecule has 0 bridgehead atoms. The molecule has 0 saturated carbocycles. The Labute approximate surface area is 134 Å². The average Bonchev–Trinajstić information content (AvgIpc) is 2.91. The van der Waals surface area contributed by atoms with Crippen LogP contribution in [0.5, 0.6) is 0 Å². The van der Waals surface area contributed by atoms with Crippen molar-refractivity contribution in [1.82, 2.24) is 10.2 Å². The maximum absolute atomic E-state index is 12.6. The van der Waals surface area contributed by atoms with Crippen molar-refractivity contribution < 1.29 is 18.0 Å². The van der Waals surface area contributed by atoms with Gasteiger partial charge in [-0.25, -0.2) is 4.79 Å². The molecule has 0 radical (unpaired) electrons. The molecule has 2 amide bonds. The molecule has 2 aromatic rings. The number of hydrogen-bond donors (Lipinski definition) is 2. The van der Waals surface area contributed by atoms with Gasteiger partial charge in [0.25, 0.3) is 0 Å². The highest BCUT2D eigenvalue weighted by Crippen LogP contribution is 2.30. The molecule has 0 fully saturated rings. The summed E-state index contributed by atoms with van der Waals surface area (Å²) in [6, 6.07) is 3.75. The molecular formula is C14H15F3N4OS. The first-order valence-electron chi connectivity index (χ1n) is 6.96. The molecule has 124 valence electrons. The van der Waals surface area contributed by atoms with Gasteiger partial charge in [0.2, 0.25) is 5.13 Å². The minimum Gasteiger partial charge on any atom is -0.308 e. The first kappa shape index (κ1) is 17.2. The number of carbonyl (C=O) groups excluding carboxylic acids is 1. The summed E-state index contributed by atoms with van der Waals surface area (Å²) in [5, 5.41) is 13.7. The normalized spacial score (nSPS) is 11.3. The second-order valence-electron chi connectivity index (χ2n) is 4.76. The number of alkyl halides is 3. The Balaban J connectivity index is 1.96. The molecule has 1 heterocycles. The molecule has 1 aromatic heterocycles. The number of hydrogen-bond acceptors (Lipinski definition) is 4. The van der Waals surface area contributed by atoms with E-state index in [-0.39, 0.29) is 5.69 Å². The Bertz CT molecular complexity index is 672. The Morgan fingerprint density at radius 2 is 2.04 bits per heavy atom. The van der Waals surface area contributed by atoms with Crippen LogP contribution in [0.4, 0.5) is 28.8 Å². The largest absolute Gasteiger partial charge is 0.416 e. The Morgan fingerprint density at radius 3 is 2.74 bits per heavy atom. The van der Waals surface area contributed by atoms with Gasteiger partial charge in [0.05, 0.1) is 5.56 Å². The molecule has 0 aliphatic carbocycles. The standard InChI is InChI=1S/C14H15F3N4OS/c1-2-3-7-11-20-21-13(23-11)19-12(22)18-10-6-4-5-9(8-10)14(15,16)17/h4-6,8H,2-3,7H2,1H3,(H2,18,19,21,22). The zero-order valence-electron chi connectivity index (χ0n) is 12.3. The molecule has 2 N–H and O–H groups in total. The van der Waals surface area contributed by atoms with Crippen LogP contribution in [0, 0.1) is 0 Å². The lowest BCUT2D eigenvalue weighted by atomic mass is 10.2. The number of nitrogens with one attached hydrogen (secondary N) is 2. The molecule has 2 rings (SSSR count). The molecule has 0 aliphatic heterocycles. The van der Waals surface area contributed by atoms with Crippen molar-refractivity contribution in [2.24, 2.45) is 0 Å². The molecule has 23 heavy (non-hydrogen) atoms. The van der Waals surface area contributed by atoms with Gasteiger partial charge in [-0.1, -0.05) is 30.7 Å². The summed E-state index contributed by atoms with van der Waals surface area (Å²) >= 11 is 1.24. The van der Waals surface area contributed by atoms with Gasteiger partial charge in [0.1, 0.15) is 5.01 Å². The van der Waals surface area contributed by atoms with Crippen molar-refractivity contribution in [1.29, 1.82) is 0 Å². The second-order valence-corrected chi connectivity index (χ2v) is 5.82. The number of aromatic nitrogens is 2. The van der Waals surface area contributed by atoms with E-state index in [1.807, 2.05) is 0 Å². The SMILES string of the molecule is CCCCc1nnc(NC(=O)Nc2cccc(C(F)(F)F)c2)s1. The highest BCUT2D eigenvalue weighted by Gasteiger charge is 2.30. The van der Waals surface area contributed by atoms with E-state index in [0.29, 0.717) is 5.13 Å². The number of rotatable bonds is 5. The van der Waals surface area contributed by atoms with Gasteiger partial charge in [-0.05, 0) is 24.6 Å². The van der Waals surface area contributed by atoms with Crippen LogP contribution in [-0.4, -0.2) is 16.2 Å². The summed E-state index contributed by atoms with van der Waals surface area (Å²) in [7, 11) is 0. The van der Waals surface area contributed by atoms with Gasteiger partial charge < -0.3 is 5.32 Å². The highest BCUT2D eigenvalue weighted by atomic mass is 32.1. The van der Waals surface area contributed by atoms with Gasteiger partial charge in [0.15, 0.2) is 0 Å². The molecule has 0 atom stereocenters. The van der Waals surface area contributed by atoms with Gasteiger partial charge in [-0.2, -0.15) is 13.2 Å². The molecule has 0 spiro atoms. The fraction of sp³-hybridized carbons (Fsp3) is 0.357. The Morgan fingerprint density at radius 1 is 1.26 bits per heavy atom. The summed E-state index contributed by atoms with van der Waals surface area (Å²) in [6.45, 7) is 2.06. The number of halogens is 3. The van der Waals surface area contributed by atoms with Gasteiger partial charge in [-0.15, -0.1) is 10.2 Å². The van der Waals surface area contributed by atoms with Crippen LogP contribution < -0.4 is 10.6 Å². The summed E-state index contributed by atoms with van der Waals surface area (Å²) in [5.74, 6) is 0. The first-order chi connectivity index (χ1) is 10.9. The Hall–Kier alpha value is -2.16. The third-order valence-corrected chi connectivity index (χ3v) is 3.78. The smallest absolute Gasteiger partial charge is 0.308 e. The van der Waals surface area contributed by atoms with E-state index in [1.54, 1.807) is 0 Å². The number of urea groups is 1. The molecule has 1 aromatic carbocycles. The zero-order chi connectivity index (χ0) is 16.9. The van der Waals surface area contributed by atoms with E-state index >= 15 is 0 Å². The number of amides is 2. The lowest BCUT2D eigenvalue weighted by Gasteiger charge is -2.09. The minimum absolute atomic E-state index is 0.0491. The number of unbranched alkanes of at least 4 members (excludes halogenated alkanes) is 1. The quantitative estimate of drug-likeness (QED) is 0.836. The van der Waals surface area contributed by atoms with E-state index in [1.165, 1.54) is 23.5 Å². The Kier molecular flexibility index (Phi) is 5.54. The van der Waals surface area contributed by atoms with Crippen molar-refractivity contribution in [3.05, 3.63) is 34.8 Å². The predicted octanol–water partition coefficient (Wildman–Crippen LogP) is 4.54. The van der Waals surface area contributed by atoms with Crippen molar-refractivity contribution >= 4 is 28.2 Å². The van der Waals surface area contributed by atoms with E-state index < -0.39 is 17.8 Å². The highest BCUT2D eigenvalue weighted by molar-refractivity contribution is 7.15. The summed E-state index contributed by atoms with van der Waals surface area (Å²) in [6.07, 6.45) is -1.67. The number of benzene rings is 1.